The van der Waals surface area contributed by atoms with Crippen molar-refractivity contribution in [2.24, 2.45) is 0 Å². The Morgan fingerprint density at radius 1 is 0.818 bits per heavy atom. The van der Waals surface area contributed by atoms with Gasteiger partial charge in [0.2, 0.25) is 0 Å². The van der Waals surface area contributed by atoms with Crippen LogP contribution in [-0.2, 0) is 50.0 Å². The molecule has 11 nitrogen and oxygen atoms in total. The molecule has 3 N–H and O–H groups in total. The molecule has 0 spiro atoms. The van der Waals surface area contributed by atoms with E-state index in [1.165, 1.54) is 35.4 Å². The van der Waals surface area contributed by atoms with Crippen LogP contribution in [0.1, 0.15) is 46.2 Å². The Bertz CT molecular complexity index is 2230. The Hall–Kier alpha value is -3.73. The molecule has 1 heterocycles. The molecule has 0 radical (unpaired) electrons. The molecule has 3 aliphatic rings. The van der Waals surface area contributed by atoms with E-state index in [2.05, 4.69) is 63.9 Å². The minimum Gasteiger partial charge on any atom is -0.506 e. The highest BCUT2D eigenvalue weighted by atomic mass is 79.9. The van der Waals surface area contributed by atoms with Gasteiger partial charge in [-0.3, -0.25) is 4.79 Å². The number of amides is 3. The van der Waals surface area contributed by atoms with E-state index in [1.807, 2.05) is 18.2 Å². The van der Waals surface area contributed by atoms with Crippen molar-refractivity contribution in [2.45, 2.75) is 43.4 Å². The Morgan fingerprint density at radius 3 is 2.13 bits per heavy atom. The van der Waals surface area contributed by atoms with E-state index >= 15 is 0 Å². The van der Waals surface area contributed by atoms with Crippen LogP contribution in [0.15, 0.2) is 79.0 Å². The van der Waals surface area contributed by atoms with Crippen LogP contribution in [0.5, 0.6) is 11.5 Å². The summed E-state index contributed by atoms with van der Waals surface area (Å²) in [5.74, 6) is 0.398. The third-order valence-electron chi connectivity index (χ3n) is 9.77. The van der Waals surface area contributed by atoms with Crippen molar-refractivity contribution >= 4 is 92.8 Å². The Morgan fingerprint density at radius 2 is 1.45 bits per heavy atom. The van der Waals surface area contributed by atoms with Crippen LogP contribution in [0.2, 0.25) is 0 Å². The molecule has 0 saturated heterocycles. The molecule has 1 aliphatic heterocycles. The lowest BCUT2D eigenvalue weighted by molar-refractivity contribution is -0.113. The second-order valence-corrected chi connectivity index (χ2v) is 17.7. The number of urea groups is 1. The minimum absolute atomic E-state index is 0.0509. The molecular weight excluding hydrogens is 922 g/mol. The molecule has 288 valence electrons. The summed E-state index contributed by atoms with van der Waals surface area (Å²) >= 11 is 10.2. The van der Waals surface area contributed by atoms with Crippen molar-refractivity contribution in [3.63, 3.8) is 0 Å². The Labute approximate surface area is 344 Å². The molecule has 2 aliphatic carbocycles. The number of phenolic OH excluding ortho intramolecular Hbond substituents is 1. The van der Waals surface area contributed by atoms with E-state index in [9.17, 15) is 23.1 Å². The van der Waals surface area contributed by atoms with Crippen molar-refractivity contribution in [3.8, 4) is 11.5 Å². The first kappa shape index (κ1) is 39.5. The summed E-state index contributed by atoms with van der Waals surface area (Å²) in [6, 6.07) is 16.5. The van der Waals surface area contributed by atoms with Gasteiger partial charge in [-0.15, -0.1) is 0 Å². The molecular formula is C40H38Br3N3O8S. The highest BCUT2D eigenvalue weighted by Gasteiger charge is 2.32. The van der Waals surface area contributed by atoms with Crippen LogP contribution in [-0.4, -0.2) is 65.0 Å². The third kappa shape index (κ3) is 8.97. The Balaban J connectivity index is 0.826. The first-order chi connectivity index (χ1) is 26.5. The van der Waals surface area contributed by atoms with Gasteiger partial charge in [0, 0.05) is 27.8 Å². The van der Waals surface area contributed by atoms with Gasteiger partial charge < -0.3 is 29.5 Å². The SMILES string of the molecule is O=C(Nc1c2c(cc3c1CCC3)CCC2)NS(=O)(=O)c1ccc(OCCOCCOCCN2C(=O)/C(=C/c3cc(Br)c(O)c(Br)c3)c3cc(Br)ccc32)cc1. The average molecular weight is 961 g/mol. The number of ether oxygens (including phenoxy) is 3. The number of aromatic hydroxyl groups is 1. The van der Waals surface area contributed by atoms with Gasteiger partial charge in [0.1, 0.15) is 18.1 Å². The molecule has 0 fully saturated rings. The zero-order chi connectivity index (χ0) is 38.7. The number of halogens is 3. The summed E-state index contributed by atoms with van der Waals surface area (Å²) in [6.07, 6.45) is 7.57. The van der Waals surface area contributed by atoms with Gasteiger partial charge in [-0.1, -0.05) is 22.0 Å². The summed E-state index contributed by atoms with van der Waals surface area (Å²) in [6.45, 7) is 1.79. The molecule has 4 aromatic rings. The van der Waals surface area contributed by atoms with E-state index in [1.54, 1.807) is 23.1 Å². The fourth-order valence-corrected chi connectivity index (χ4v) is 9.71. The zero-order valence-corrected chi connectivity index (χ0v) is 35.2. The number of aryl methyl sites for hydroxylation is 2. The number of carbonyl (C=O) groups excluding carboxylic acids is 2. The summed E-state index contributed by atoms with van der Waals surface area (Å²) < 4.78 is 47.2. The predicted octanol–water partition coefficient (Wildman–Crippen LogP) is 8.17. The zero-order valence-electron chi connectivity index (χ0n) is 29.6. The van der Waals surface area contributed by atoms with Gasteiger partial charge in [0.15, 0.2) is 0 Å². The molecule has 4 aromatic carbocycles. The lowest BCUT2D eigenvalue weighted by atomic mass is 9.99. The van der Waals surface area contributed by atoms with Crippen LogP contribution in [0.25, 0.3) is 11.6 Å². The van der Waals surface area contributed by atoms with Gasteiger partial charge in [-0.2, -0.15) is 0 Å². The lowest BCUT2D eigenvalue weighted by Crippen LogP contribution is -2.35. The molecule has 0 saturated carbocycles. The second kappa shape index (κ2) is 17.2. The van der Waals surface area contributed by atoms with Crippen LogP contribution in [0, 0.1) is 0 Å². The van der Waals surface area contributed by atoms with Gasteiger partial charge in [-0.05, 0) is 159 Å². The first-order valence-electron chi connectivity index (χ1n) is 17.9. The van der Waals surface area contributed by atoms with Gasteiger partial charge >= 0.3 is 6.03 Å². The highest BCUT2D eigenvalue weighted by molar-refractivity contribution is 9.11. The maximum absolute atomic E-state index is 13.5. The molecule has 7 rings (SSSR count). The maximum Gasteiger partial charge on any atom is 0.333 e. The van der Waals surface area contributed by atoms with Crippen molar-refractivity contribution in [2.75, 3.05) is 49.8 Å². The number of anilines is 2. The van der Waals surface area contributed by atoms with Crippen molar-refractivity contribution < 1.29 is 37.3 Å². The first-order valence-corrected chi connectivity index (χ1v) is 21.7. The van der Waals surface area contributed by atoms with Gasteiger partial charge in [0.25, 0.3) is 15.9 Å². The van der Waals surface area contributed by atoms with Crippen molar-refractivity contribution in [1.82, 2.24) is 4.72 Å². The topological polar surface area (TPSA) is 144 Å². The van der Waals surface area contributed by atoms with Crippen molar-refractivity contribution in [1.29, 1.82) is 0 Å². The van der Waals surface area contributed by atoms with Gasteiger partial charge in [-0.25, -0.2) is 17.9 Å². The number of phenols is 1. The Kier molecular flexibility index (Phi) is 12.3. The van der Waals surface area contributed by atoms with E-state index in [4.69, 9.17) is 14.2 Å². The number of hydrogen-bond donors (Lipinski definition) is 3. The molecule has 15 heteroatoms. The van der Waals surface area contributed by atoms with E-state index < -0.39 is 16.1 Å². The molecule has 0 aromatic heterocycles. The van der Waals surface area contributed by atoms with Crippen molar-refractivity contribution in [3.05, 3.63) is 107 Å². The predicted molar refractivity (Wildman–Crippen MR) is 221 cm³/mol. The standard InChI is InChI=1S/C40H38Br3N3O8S/c41-27-7-12-36-32(23-27)33(19-24-20-34(42)38(47)35(43)21-24)39(48)46(36)13-14-52-15-16-53-17-18-54-28-8-10-29(11-9-28)55(50,51)45-40(49)44-37-30-5-1-3-25(30)22-26-4-2-6-31(26)37/h7-12,19-23,47H,1-6,13-18H2,(H2,44,45,49)/b33-19+. The number of nitrogens with one attached hydrogen (secondary N) is 2. The third-order valence-corrected chi connectivity index (χ3v) is 12.8. The fraction of sp³-hybridized carbons (Fsp3) is 0.300. The van der Waals surface area contributed by atoms with Crippen LogP contribution < -0.4 is 19.7 Å². The monoisotopic (exact) mass is 957 g/mol. The second-order valence-electron chi connectivity index (χ2n) is 13.3. The number of nitrogens with zero attached hydrogens (tertiary/aromatic N) is 1. The van der Waals surface area contributed by atoms with Crippen LogP contribution in [0.3, 0.4) is 0 Å². The smallest absolute Gasteiger partial charge is 0.333 e. The molecule has 55 heavy (non-hydrogen) atoms. The van der Waals surface area contributed by atoms with Crippen LogP contribution >= 0.6 is 47.8 Å². The largest absolute Gasteiger partial charge is 0.506 e. The molecule has 0 bridgehead atoms. The maximum atomic E-state index is 13.5. The van der Waals surface area contributed by atoms with E-state index in [-0.39, 0.29) is 29.8 Å². The summed E-state index contributed by atoms with van der Waals surface area (Å²) in [5.41, 5.74) is 8.40. The number of carbonyl (C=O) groups is 2. The lowest BCUT2D eigenvalue weighted by Gasteiger charge is -2.17. The fourth-order valence-electron chi connectivity index (χ4n) is 7.22. The summed E-state index contributed by atoms with van der Waals surface area (Å²) in [4.78, 5) is 28.1. The molecule has 0 unspecified atom stereocenters. The van der Waals surface area contributed by atoms with E-state index in [0.29, 0.717) is 46.6 Å². The number of hydrogen-bond acceptors (Lipinski definition) is 8. The molecule has 0 atom stereocenters. The highest BCUT2D eigenvalue weighted by Crippen LogP contribution is 2.41. The number of fused-ring (bicyclic) bond motifs is 3. The van der Waals surface area contributed by atoms with E-state index in [0.717, 1.165) is 76.6 Å². The average Bonchev–Trinajstić information content (AvgIpc) is 3.88. The number of sulfonamides is 1. The summed E-state index contributed by atoms with van der Waals surface area (Å²) in [5, 5.41) is 13.0. The van der Waals surface area contributed by atoms with Gasteiger partial charge in [0.05, 0.1) is 46.0 Å². The minimum atomic E-state index is -4.10. The quantitative estimate of drug-likeness (QED) is 0.0849. The normalized spacial score (nSPS) is 15.3. The number of benzene rings is 4. The van der Waals surface area contributed by atoms with Crippen LogP contribution in [0.4, 0.5) is 16.2 Å². The number of rotatable bonds is 14. The summed E-state index contributed by atoms with van der Waals surface area (Å²) in [7, 11) is -4.10. The molecule has 3 amide bonds.